The number of carbonyl (C=O) groups is 1. The van der Waals surface area contributed by atoms with Crippen molar-refractivity contribution in [3.05, 3.63) is 0 Å². The van der Waals surface area contributed by atoms with Crippen LogP contribution in [0.25, 0.3) is 0 Å². The molecule has 2 atom stereocenters. The summed E-state index contributed by atoms with van der Waals surface area (Å²) >= 11 is 0. The molecule has 1 amide bonds. The van der Waals surface area contributed by atoms with Gasteiger partial charge in [0, 0.05) is 13.5 Å². The summed E-state index contributed by atoms with van der Waals surface area (Å²) in [5.74, 6) is 1.36. The van der Waals surface area contributed by atoms with E-state index in [2.05, 4.69) is 16.0 Å². The number of hydrogen-bond donors (Lipinski definition) is 4. The van der Waals surface area contributed by atoms with E-state index >= 15 is 0 Å². The van der Waals surface area contributed by atoms with Crippen molar-refractivity contribution in [2.45, 2.75) is 19.8 Å². The summed E-state index contributed by atoms with van der Waals surface area (Å²) in [5, 5.41) is 9.65. The smallest absolute Gasteiger partial charge is 0.216 e. The van der Waals surface area contributed by atoms with Crippen molar-refractivity contribution in [2.75, 3.05) is 39.3 Å². The molecule has 100 valence electrons. The minimum Gasteiger partial charge on any atom is -0.356 e. The van der Waals surface area contributed by atoms with Gasteiger partial charge in [-0.15, -0.1) is 0 Å². The number of amides is 1. The van der Waals surface area contributed by atoms with Gasteiger partial charge in [0.15, 0.2) is 0 Å². The monoisotopic (exact) mass is 242 g/mol. The first-order chi connectivity index (χ1) is 8.24. The minimum atomic E-state index is 0.0563. The van der Waals surface area contributed by atoms with Crippen LogP contribution in [0.1, 0.15) is 19.8 Å². The Labute approximate surface area is 104 Å². The average molecular weight is 242 g/mol. The van der Waals surface area contributed by atoms with Crippen molar-refractivity contribution < 1.29 is 4.79 Å². The second kappa shape index (κ2) is 8.44. The predicted molar refractivity (Wildman–Crippen MR) is 69.7 cm³/mol. The van der Waals surface area contributed by atoms with Crippen LogP contribution in [0.15, 0.2) is 0 Å². The molecule has 0 aliphatic carbocycles. The molecule has 5 N–H and O–H groups in total. The fourth-order valence-electron chi connectivity index (χ4n) is 2.23. The average Bonchev–Trinajstić information content (AvgIpc) is 2.74. The Bertz CT molecular complexity index is 223. The molecule has 0 bridgehead atoms. The summed E-state index contributed by atoms with van der Waals surface area (Å²) in [4.78, 5) is 10.6. The first kappa shape index (κ1) is 14.4. The second-order valence-electron chi connectivity index (χ2n) is 4.81. The molecule has 5 nitrogen and oxygen atoms in total. The molecule has 1 fully saturated rings. The fraction of sp³-hybridized carbons (Fsp3) is 0.917. The van der Waals surface area contributed by atoms with Crippen LogP contribution in [0.4, 0.5) is 0 Å². The van der Waals surface area contributed by atoms with Crippen LogP contribution in [0.3, 0.4) is 0 Å². The highest BCUT2D eigenvalue weighted by atomic mass is 16.1. The van der Waals surface area contributed by atoms with E-state index in [4.69, 9.17) is 5.73 Å². The van der Waals surface area contributed by atoms with Gasteiger partial charge < -0.3 is 21.7 Å². The van der Waals surface area contributed by atoms with Crippen molar-refractivity contribution in [1.82, 2.24) is 16.0 Å². The summed E-state index contributed by atoms with van der Waals surface area (Å²) in [6.07, 6.45) is 2.14. The summed E-state index contributed by atoms with van der Waals surface area (Å²) in [5.41, 5.74) is 5.71. The molecule has 1 aliphatic heterocycles. The molecule has 1 aliphatic rings. The van der Waals surface area contributed by atoms with Gasteiger partial charge in [0.1, 0.15) is 0 Å². The third kappa shape index (κ3) is 6.00. The van der Waals surface area contributed by atoms with Gasteiger partial charge in [-0.2, -0.15) is 0 Å². The number of hydrogen-bond acceptors (Lipinski definition) is 4. The van der Waals surface area contributed by atoms with Gasteiger partial charge >= 0.3 is 0 Å². The van der Waals surface area contributed by atoms with Gasteiger partial charge in [-0.25, -0.2) is 0 Å². The minimum absolute atomic E-state index is 0.0563. The number of rotatable bonds is 8. The SMILES string of the molecule is CC(=O)NCCCCNCC1CNCC1CN. The van der Waals surface area contributed by atoms with E-state index in [0.29, 0.717) is 11.8 Å². The van der Waals surface area contributed by atoms with Gasteiger partial charge in [0.2, 0.25) is 5.91 Å². The lowest BCUT2D eigenvalue weighted by Crippen LogP contribution is -2.32. The third-order valence-electron chi connectivity index (χ3n) is 3.34. The van der Waals surface area contributed by atoms with Crippen LogP contribution < -0.4 is 21.7 Å². The highest BCUT2D eigenvalue weighted by molar-refractivity contribution is 5.72. The van der Waals surface area contributed by atoms with Crippen LogP contribution >= 0.6 is 0 Å². The Morgan fingerprint density at radius 3 is 2.71 bits per heavy atom. The number of nitrogens with one attached hydrogen (secondary N) is 3. The third-order valence-corrected chi connectivity index (χ3v) is 3.34. The number of carbonyl (C=O) groups excluding carboxylic acids is 1. The zero-order chi connectivity index (χ0) is 12.5. The highest BCUT2D eigenvalue weighted by Gasteiger charge is 2.24. The molecule has 0 spiro atoms. The maximum Gasteiger partial charge on any atom is 0.216 e. The lowest BCUT2D eigenvalue weighted by molar-refractivity contribution is -0.118. The van der Waals surface area contributed by atoms with Crippen LogP contribution in [-0.2, 0) is 4.79 Å². The largest absolute Gasteiger partial charge is 0.356 e. The lowest BCUT2D eigenvalue weighted by Gasteiger charge is -2.17. The van der Waals surface area contributed by atoms with E-state index in [9.17, 15) is 4.79 Å². The normalized spacial score (nSPS) is 23.9. The zero-order valence-electron chi connectivity index (χ0n) is 10.8. The number of nitrogens with two attached hydrogens (primary N) is 1. The van der Waals surface area contributed by atoms with E-state index in [1.54, 1.807) is 6.92 Å². The van der Waals surface area contributed by atoms with Crippen LogP contribution in [0, 0.1) is 11.8 Å². The Kier molecular flexibility index (Phi) is 7.16. The molecule has 1 heterocycles. The molecule has 5 heteroatoms. The first-order valence-electron chi connectivity index (χ1n) is 6.60. The molecule has 0 aromatic carbocycles. The standard InChI is InChI=1S/C12H26N4O/c1-10(17)16-5-3-2-4-14-8-12-9-15-7-11(12)6-13/h11-12,14-15H,2-9,13H2,1H3,(H,16,17). The predicted octanol–water partition coefficient (Wildman–Crippen LogP) is -0.713. The van der Waals surface area contributed by atoms with Gasteiger partial charge in [0.05, 0.1) is 0 Å². The van der Waals surface area contributed by atoms with E-state index in [-0.39, 0.29) is 5.91 Å². The molecule has 1 rings (SSSR count). The van der Waals surface area contributed by atoms with Crippen molar-refractivity contribution in [3.63, 3.8) is 0 Å². The molecule has 1 saturated heterocycles. The van der Waals surface area contributed by atoms with Gasteiger partial charge in [-0.05, 0) is 57.4 Å². The van der Waals surface area contributed by atoms with E-state index in [1.807, 2.05) is 0 Å². The Balaban J connectivity index is 1.92. The molecule has 0 aromatic heterocycles. The van der Waals surface area contributed by atoms with Gasteiger partial charge in [-0.1, -0.05) is 0 Å². The lowest BCUT2D eigenvalue weighted by atomic mass is 9.96. The van der Waals surface area contributed by atoms with E-state index in [0.717, 1.165) is 52.1 Å². The Hall–Kier alpha value is -0.650. The fourth-order valence-corrected chi connectivity index (χ4v) is 2.23. The maximum absolute atomic E-state index is 10.6. The van der Waals surface area contributed by atoms with E-state index in [1.165, 1.54) is 0 Å². The highest BCUT2D eigenvalue weighted by Crippen LogP contribution is 2.13. The molecule has 17 heavy (non-hydrogen) atoms. The Morgan fingerprint density at radius 2 is 2.00 bits per heavy atom. The van der Waals surface area contributed by atoms with Crippen LogP contribution in [0.2, 0.25) is 0 Å². The zero-order valence-corrected chi connectivity index (χ0v) is 10.8. The summed E-state index contributed by atoms with van der Waals surface area (Å²) < 4.78 is 0. The summed E-state index contributed by atoms with van der Waals surface area (Å²) in [7, 11) is 0. The molecule has 0 radical (unpaired) electrons. The number of unbranched alkanes of at least 4 members (excludes halogenated alkanes) is 1. The van der Waals surface area contributed by atoms with Gasteiger partial charge in [0.25, 0.3) is 0 Å². The van der Waals surface area contributed by atoms with E-state index < -0.39 is 0 Å². The first-order valence-corrected chi connectivity index (χ1v) is 6.60. The van der Waals surface area contributed by atoms with Crippen LogP contribution in [-0.4, -0.2) is 45.2 Å². The summed E-state index contributed by atoms with van der Waals surface area (Å²) in [6, 6.07) is 0. The molecular weight excluding hydrogens is 216 g/mol. The van der Waals surface area contributed by atoms with Crippen LogP contribution in [0.5, 0.6) is 0 Å². The molecule has 2 unspecified atom stereocenters. The van der Waals surface area contributed by atoms with Gasteiger partial charge in [-0.3, -0.25) is 4.79 Å². The topological polar surface area (TPSA) is 79.2 Å². The quantitative estimate of drug-likeness (QED) is 0.424. The maximum atomic E-state index is 10.6. The molecule has 0 aromatic rings. The second-order valence-corrected chi connectivity index (χ2v) is 4.81. The molecule has 0 saturated carbocycles. The van der Waals surface area contributed by atoms with Crippen molar-refractivity contribution in [1.29, 1.82) is 0 Å². The van der Waals surface area contributed by atoms with Crippen molar-refractivity contribution >= 4 is 5.91 Å². The Morgan fingerprint density at radius 1 is 1.29 bits per heavy atom. The van der Waals surface area contributed by atoms with Crippen molar-refractivity contribution in [2.24, 2.45) is 17.6 Å². The molecular formula is C12H26N4O. The van der Waals surface area contributed by atoms with Crippen molar-refractivity contribution in [3.8, 4) is 0 Å². The summed E-state index contributed by atoms with van der Waals surface area (Å²) in [6.45, 7) is 7.34.